The highest BCUT2D eigenvalue weighted by molar-refractivity contribution is 8.16. The highest BCUT2D eigenvalue weighted by atomic mass is 32.2. The van der Waals surface area contributed by atoms with Gasteiger partial charge in [-0.05, 0) is 42.0 Å². The second kappa shape index (κ2) is 7.95. The molecule has 106 valence electrons. The molecular weight excluding hydrogens is 276 g/mol. The number of unbranched alkanes of at least 4 members (excludes halogenated alkanes) is 1. The minimum absolute atomic E-state index is 0.548. The maximum absolute atomic E-state index is 5.77. The number of thioether (sulfide) groups is 2. The van der Waals surface area contributed by atoms with E-state index in [1.165, 1.54) is 23.5 Å². The predicted octanol–water partition coefficient (Wildman–Crippen LogP) is 4.74. The minimum Gasteiger partial charge on any atom is -0.493 e. The normalized spacial score (nSPS) is 16.3. The van der Waals surface area contributed by atoms with Gasteiger partial charge >= 0.3 is 0 Å². The summed E-state index contributed by atoms with van der Waals surface area (Å²) in [7, 11) is 1.72. The molecule has 4 heteroatoms. The van der Waals surface area contributed by atoms with Gasteiger partial charge in [0.1, 0.15) is 0 Å². The fourth-order valence-corrected chi connectivity index (χ4v) is 4.83. The van der Waals surface area contributed by atoms with E-state index in [9.17, 15) is 0 Å². The number of ether oxygens (including phenoxy) is 2. The van der Waals surface area contributed by atoms with Gasteiger partial charge in [-0.25, -0.2) is 0 Å². The van der Waals surface area contributed by atoms with Crippen molar-refractivity contribution < 1.29 is 9.47 Å². The van der Waals surface area contributed by atoms with Crippen LogP contribution in [-0.4, -0.2) is 25.2 Å². The molecule has 0 unspecified atom stereocenters. The Morgan fingerprint density at radius 2 is 2.00 bits per heavy atom. The fraction of sp³-hybridized carbons (Fsp3) is 0.600. The first kappa shape index (κ1) is 14.9. The zero-order valence-electron chi connectivity index (χ0n) is 11.7. The number of hydrogen-bond acceptors (Lipinski definition) is 4. The van der Waals surface area contributed by atoms with Gasteiger partial charge < -0.3 is 9.47 Å². The van der Waals surface area contributed by atoms with Gasteiger partial charge in [0.25, 0.3) is 0 Å². The van der Waals surface area contributed by atoms with Crippen LogP contribution in [0.1, 0.15) is 36.3 Å². The summed E-state index contributed by atoms with van der Waals surface area (Å²) in [4.78, 5) is 0. The smallest absolute Gasteiger partial charge is 0.161 e. The van der Waals surface area contributed by atoms with Crippen LogP contribution in [0.2, 0.25) is 0 Å². The van der Waals surface area contributed by atoms with Crippen LogP contribution in [0.15, 0.2) is 18.2 Å². The minimum atomic E-state index is 0.548. The third kappa shape index (κ3) is 4.25. The summed E-state index contributed by atoms with van der Waals surface area (Å²) in [6, 6.07) is 6.37. The van der Waals surface area contributed by atoms with Crippen LogP contribution in [-0.2, 0) is 0 Å². The number of methoxy groups -OCH3 is 1. The van der Waals surface area contributed by atoms with Crippen LogP contribution >= 0.6 is 23.5 Å². The largest absolute Gasteiger partial charge is 0.493 e. The second-order valence-corrected chi connectivity index (χ2v) is 7.26. The standard InChI is InChI=1S/C15H22O2S2/c1-3-4-8-17-13-7-6-12(11-14(13)16-2)15-18-9-5-10-19-15/h6-7,11,15H,3-5,8-10H2,1-2H3. The van der Waals surface area contributed by atoms with Gasteiger partial charge in [0.2, 0.25) is 0 Å². The van der Waals surface area contributed by atoms with E-state index in [0.717, 1.165) is 30.9 Å². The number of hydrogen-bond donors (Lipinski definition) is 0. The van der Waals surface area contributed by atoms with E-state index in [0.29, 0.717) is 4.58 Å². The zero-order chi connectivity index (χ0) is 13.5. The molecule has 19 heavy (non-hydrogen) atoms. The Hall–Kier alpha value is -0.480. The van der Waals surface area contributed by atoms with Crippen LogP contribution in [0.5, 0.6) is 11.5 Å². The third-order valence-electron chi connectivity index (χ3n) is 3.04. The third-order valence-corrected chi connectivity index (χ3v) is 6.06. The molecule has 1 aromatic carbocycles. The van der Waals surface area contributed by atoms with Crippen molar-refractivity contribution in [2.45, 2.75) is 30.8 Å². The molecule has 0 bridgehead atoms. The molecule has 1 aliphatic rings. The van der Waals surface area contributed by atoms with E-state index in [4.69, 9.17) is 9.47 Å². The Kier molecular flexibility index (Phi) is 6.24. The van der Waals surface area contributed by atoms with Crippen molar-refractivity contribution in [1.82, 2.24) is 0 Å². The molecule has 1 heterocycles. The van der Waals surface area contributed by atoms with Gasteiger partial charge in [0.15, 0.2) is 11.5 Å². The molecule has 0 spiro atoms. The molecule has 1 aliphatic heterocycles. The molecule has 0 aromatic heterocycles. The molecule has 0 saturated carbocycles. The van der Waals surface area contributed by atoms with E-state index in [2.05, 4.69) is 25.1 Å². The highest BCUT2D eigenvalue weighted by Crippen LogP contribution is 2.45. The highest BCUT2D eigenvalue weighted by Gasteiger charge is 2.18. The van der Waals surface area contributed by atoms with Crippen molar-refractivity contribution in [2.24, 2.45) is 0 Å². The van der Waals surface area contributed by atoms with Gasteiger partial charge in [-0.15, -0.1) is 23.5 Å². The van der Waals surface area contributed by atoms with Crippen molar-refractivity contribution in [1.29, 1.82) is 0 Å². The van der Waals surface area contributed by atoms with Crippen molar-refractivity contribution >= 4 is 23.5 Å². The van der Waals surface area contributed by atoms with Gasteiger partial charge in [-0.1, -0.05) is 19.4 Å². The van der Waals surface area contributed by atoms with E-state index in [1.807, 2.05) is 23.5 Å². The van der Waals surface area contributed by atoms with Gasteiger partial charge in [0, 0.05) is 0 Å². The van der Waals surface area contributed by atoms with E-state index < -0.39 is 0 Å². The predicted molar refractivity (Wildman–Crippen MR) is 85.7 cm³/mol. The molecular formula is C15H22O2S2. The summed E-state index contributed by atoms with van der Waals surface area (Å²) in [6.45, 7) is 2.93. The Morgan fingerprint density at radius 1 is 1.21 bits per heavy atom. The summed E-state index contributed by atoms with van der Waals surface area (Å²) in [5.74, 6) is 4.25. The molecule has 0 radical (unpaired) electrons. The Morgan fingerprint density at radius 3 is 2.68 bits per heavy atom. The lowest BCUT2D eigenvalue weighted by Gasteiger charge is -2.22. The molecule has 1 aromatic rings. The van der Waals surface area contributed by atoms with Gasteiger partial charge in [0.05, 0.1) is 18.3 Å². The average molecular weight is 298 g/mol. The van der Waals surface area contributed by atoms with Crippen LogP contribution in [0.25, 0.3) is 0 Å². The van der Waals surface area contributed by atoms with E-state index in [-0.39, 0.29) is 0 Å². The lowest BCUT2D eigenvalue weighted by Crippen LogP contribution is -2.02. The van der Waals surface area contributed by atoms with Crippen LogP contribution in [0.4, 0.5) is 0 Å². The van der Waals surface area contributed by atoms with Crippen molar-refractivity contribution in [3.05, 3.63) is 23.8 Å². The summed E-state index contributed by atoms with van der Waals surface area (Å²) in [5.41, 5.74) is 1.34. The molecule has 1 saturated heterocycles. The molecule has 0 N–H and O–H groups in total. The van der Waals surface area contributed by atoms with Crippen molar-refractivity contribution in [2.75, 3.05) is 25.2 Å². The zero-order valence-corrected chi connectivity index (χ0v) is 13.3. The molecule has 1 fully saturated rings. The summed E-state index contributed by atoms with van der Waals surface area (Å²) >= 11 is 4.06. The Labute approximate surface area is 124 Å². The SMILES string of the molecule is CCCCOc1ccc(C2SCCCS2)cc1OC. The van der Waals surface area contributed by atoms with E-state index in [1.54, 1.807) is 7.11 Å². The number of rotatable bonds is 6. The van der Waals surface area contributed by atoms with Crippen LogP contribution < -0.4 is 9.47 Å². The summed E-state index contributed by atoms with van der Waals surface area (Å²) < 4.78 is 11.8. The first-order valence-corrected chi connectivity index (χ1v) is 8.99. The molecule has 0 atom stereocenters. The van der Waals surface area contributed by atoms with Gasteiger partial charge in [-0.3, -0.25) is 0 Å². The monoisotopic (exact) mass is 298 g/mol. The Bertz CT molecular complexity index is 390. The summed E-state index contributed by atoms with van der Waals surface area (Å²) in [6.07, 6.45) is 3.55. The van der Waals surface area contributed by atoms with Crippen LogP contribution in [0, 0.1) is 0 Å². The first-order valence-electron chi connectivity index (χ1n) is 6.89. The summed E-state index contributed by atoms with van der Waals surface area (Å²) in [5, 5.41) is 0. The molecule has 2 nitrogen and oxygen atoms in total. The maximum Gasteiger partial charge on any atom is 0.161 e. The molecule has 0 amide bonds. The number of benzene rings is 1. The molecule has 2 rings (SSSR count). The average Bonchev–Trinajstić information content (AvgIpc) is 2.48. The van der Waals surface area contributed by atoms with Crippen molar-refractivity contribution in [3.8, 4) is 11.5 Å². The maximum atomic E-state index is 5.77. The first-order chi connectivity index (χ1) is 9.35. The Balaban J connectivity index is 2.06. The lowest BCUT2D eigenvalue weighted by atomic mass is 10.2. The topological polar surface area (TPSA) is 18.5 Å². The van der Waals surface area contributed by atoms with Crippen molar-refractivity contribution in [3.63, 3.8) is 0 Å². The van der Waals surface area contributed by atoms with Gasteiger partial charge in [-0.2, -0.15) is 0 Å². The lowest BCUT2D eigenvalue weighted by molar-refractivity contribution is 0.288. The van der Waals surface area contributed by atoms with Crippen LogP contribution in [0.3, 0.4) is 0 Å². The molecule has 0 aliphatic carbocycles. The second-order valence-electron chi connectivity index (χ2n) is 4.54. The fourth-order valence-electron chi connectivity index (χ4n) is 1.96. The quantitative estimate of drug-likeness (QED) is 0.706. The van der Waals surface area contributed by atoms with E-state index >= 15 is 0 Å².